The van der Waals surface area contributed by atoms with Crippen LogP contribution in [0.15, 0.2) is 18.2 Å². The maximum atomic E-state index is 12.0. The van der Waals surface area contributed by atoms with Gasteiger partial charge in [0, 0.05) is 0 Å². The van der Waals surface area contributed by atoms with Gasteiger partial charge in [-0.15, -0.1) is 0 Å². The lowest BCUT2D eigenvalue weighted by molar-refractivity contribution is -0.145. The number of hydrogen-bond donors (Lipinski definition) is 1. The van der Waals surface area contributed by atoms with Crippen molar-refractivity contribution in [3.8, 4) is 0 Å². The Bertz CT molecular complexity index is 596. The maximum absolute atomic E-state index is 12.0. The molecule has 1 unspecified atom stereocenters. The molecule has 0 aliphatic carbocycles. The van der Waals surface area contributed by atoms with Gasteiger partial charge < -0.3 is 14.7 Å². The zero-order valence-corrected chi connectivity index (χ0v) is 12.0. The number of carbonyl (C=O) groups is 3. The third-order valence-corrected chi connectivity index (χ3v) is 3.23. The van der Waals surface area contributed by atoms with E-state index in [1.165, 1.54) is 4.90 Å². The second-order valence-electron chi connectivity index (χ2n) is 4.93. The Balaban J connectivity index is 2.13. The number of hydrogen-bond acceptors (Lipinski definition) is 5. The Hall–Kier alpha value is -2.21. The third-order valence-electron chi connectivity index (χ3n) is 3.23. The predicted molar refractivity (Wildman–Crippen MR) is 75.1 cm³/mol. The van der Waals surface area contributed by atoms with Gasteiger partial charge in [0.1, 0.15) is 0 Å². The molecule has 0 spiro atoms. The van der Waals surface area contributed by atoms with E-state index in [1.54, 1.807) is 25.1 Å². The summed E-state index contributed by atoms with van der Waals surface area (Å²) < 4.78 is 4.74. The van der Waals surface area contributed by atoms with Gasteiger partial charge in [0.2, 0.25) is 0 Å². The highest BCUT2D eigenvalue weighted by molar-refractivity contribution is 6.52. The summed E-state index contributed by atoms with van der Waals surface area (Å²) >= 11 is 0. The van der Waals surface area contributed by atoms with Crippen LogP contribution in [0.4, 0.5) is 5.69 Å². The van der Waals surface area contributed by atoms with Crippen molar-refractivity contribution in [2.24, 2.45) is 0 Å². The van der Waals surface area contributed by atoms with Gasteiger partial charge in [-0.25, -0.2) is 0 Å². The van der Waals surface area contributed by atoms with Crippen molar-refractivity contribution < 1.29 is 24.2 Å². The van der Waals surface area contributed by atoms with E-state index in [0.717, 1.165) is 5.56 Å². The molecule has 0 bridgehead atoms. The van der Waals surface area contributed by atoms with Gasteiger partial charge in [0.25, 0.3) is 11.7 Å². The molecule has 0 saturated carbocycles. The number of benzene rings is 1. The average molecular weight is 291 g/mol. The Labute approximate surface area is 122 Å². The number of Topliss-reactive ketones (excluding diaryl/α,β-unsaturated/α-hetero) is 1. The average Bonchev–Trinajstić information content (AvgIpc) is 2.64. The van der Waals surface area contributed by atoms with E-state index < -0.39 is 23.8 Å². The van der Waals surface area contributed by atoms with Gasteiger partial charge in [-0.1, -0.05) is 11.6 Å². The van der Waals surface area contributed by atoms with Crippen LogP contribution in [-0.2, 0) is 14.3 Å². The molecule has 1 aliphatic rings. The van der Waals surface area contributed by atoms with Crippen LogP contribution in [0.25, 0.3) is 0 Å². The highest BCUT2D eigenvalue weighted by Crippen LogP contribution is 2.29. The SMILES string of the molecule is CCOC(=O)CC(O)CN1C(=O)C(=O)c2cc(C)ccc21. The number of ether oxygens (including phenoxy) is 1. The maximum Gasteiger partial charge on any atom is 0.308 e. The largest absolute Gasteiger partial charge is 0.466 e. The molecule has 0 fully saturated rings. The molecule has 6 heteroatoms. The number of aliphatic hydroxyl groups excluding tert-OH is 1. The lowest BCUT2D eigenvalue weighted by Crippen LogP contribution is -2.37. The van der Waals surface area contributed by atoms with Gasteiger partial charge in [-0.05, 0) is 26.0 Å². The zero-order valence-electron chi connectivity index (χ0n) is 12.0. The Morgan fingerprint density at radius 3 is 2.76 bits per heavy atom. The molecule has 112 valence electrons. The molecular formula is C15H17NO5. The number of anilines is 1. The molecule has 1 atom stereocenters. The molecular weight excluding hydrogens is 274 g/mol. The van der Waals surface area contributed by atoms with Gasteiger partial charge in [0.15, 0.2) is 0 Å². The van der Waals surface area contributed by atoms with E-state index in [4.69, 9.17) is 4.74 Å². The van der Waals surface area contributed by atoms with Crippen LogP contribution in [-0.4, -0.2) is 42.0 Å². The fourth-order valence-electron chi connectivity index (χ4n) is 2.28. The first-order valence-corrected chi connectivity index (χ1v) is 6.74. The van der Waals surface area contributed by atoms with Gasteiger partial charge >= 0.3 is 5.97 Å². The van der Waals surface area contributed by atoms with Gasteiger partial charge in [-0.3, -0.25) is 14.4 Å². The topological polar surface area (TPSA) is 83.9 Å². The van der Waals surface area contributed by atoms with Crippen LogP contribution in [0, 0.1) is 6.92 Å². The number of aliphatic hydroxyl groups is 1. The summed E-state index contributed by atoms with van der Waals surface area (Å²) in [6, 6.07) is 5.10. The number of nitrogens with zero attached hydrogens (tertiary/aromatic N) is 1. The highest BCUT2D eigenvalue weighted by atomic mass is 16.5. The lowest BCUT2D eigenvalue weighted by atomic mass is 10.1. The number of amides is 1. The first-order valence-electron chi connectivity index (χ1n) is 6.74. The van der Waals surface area contributed by atoms with Crippen molar-refractivity contribution >= 4 is 23.3 Å². The van der Waals surface area contributed by atoms with Crippen molar-refractivity contribution in [1.82, 2.24) is 0 Å². The fourth-order valence-corrected chi connectivity index (χ4v) is 2.28. The molecule has 0 radical (unpaired) electrons. The van der Waals surface area contributed by atoms with E-state index in [0.29, 0.717) is 11.3 Å². The van der Waals surface area contributed by atoms with Crippen LogP contribution in [0.2, 0.25) is 0 Å². The van der Waals surface area contributed by atoms with E-state index in [-0.39, 0.29) is 19.6 Å². The summed E-state index contributed by atoms with van der Waals surface area (Å²) in [6.45, 7) is 3.62. The monoisotopic (exact) mass is 291 g/mol. The molecule has 1 amide bonds. The number of fused-ring (bicyclic) bond motifs is 1. The second kappa shape index (κ2) is 6.05. The molecule has 1 aliphatic heterocycles. The lowest BCUT2D eigenvalue weighted by Gasteiger charge is -2.20. The molecule has 2 rings (SSSR count). The first kappa shape index (κ1) is 15.2. The number of ketones is 1. The summed E-state index contributed by atoms with van der Waals surface area (Å²) in [4.78, 5) is 36.4. The van der Waals surface area contributed by atoms with Crippen molar-refractivity contribution in [1.29, 1.82) is 0 Å². The minimum atomic E-state index is -1.08. The highest BCUT2D eigenvalue weighted by Gasteiger charge is 2.36. The van der Waals surface area contributed by atoms with Gasteiger partial charge in [-0.2, -0.15) is 0 Å². The molecule has 1 aromatic carbocycles. The third kappa shape index (κ3) is 3.11. The van der Waals surface area contributed by atoms with E-state index in [2.05, 4.69) is 0 Å². The summed E-state index contributed by atoms with van der Waals surface area (Å²) in [6.07, 6.45) is -1.29. The van der Waals surface area contributed by atoms with Gasteiger partial charge in [0.05, 0.1) is 36.9 Å². The zero-order chi connectivity index (χ0) is 15.6. The Morgan fingerprint density at radius 2 is 2.10 bits per heavy atom. The smallest absolute Gasteiger partial charge is 0.308 e. The summed E-state index contributed by atoms with van der Waals surface area (Å²) in [5.74, 6) is -1.80. The molecule has 21 heavy (non-hydrogen) atoms. The molecule has 1 heterocycles. The fraction of sp³-hybridized carbons (Fsp3) is 0.400. The van der Waals surface area contributed by atoms with Crippen LogP contribution < -0.4 is 4.90 Å². The minimum Gasteiger partial charge on any atom is -0.466 e. The number of rotatable bonds is 5. The van der Waals surface area contributed by atoms with Crippen molar-refractivity contribution in [2.45, 2.75) is 26.4 Å². The predicted octanol–water partition coefficient (Wildman–Crippen LogP) is 0.838. The van der Waals surface area contributed by atoms with Crippen molar-refractivity contribution in [3.05, 3.63) is 29.3 Å². The number of aryl methyl sites for hydroxylation is 1. The first-order chi connectivity index (χ1) is 9.93. The van der Waals surface area contributed by atoms with Crippen LogP contribution in [0.3, 0.4) is 0 Å². The van der Waals surface area contributed by atoms with E-state index >= 15 is 0 Å². The van der Waals surface area contributed by atoms with Crippen LogP contribution in [0.5, 0.6) is 0 Å². The molecule has 0 saturated heterocycles. The summed E-state index contributed by atoms with van der Waals surface area (Å²) in [7, 11) is 0. The van der Waals surface area contributed by atoms with Crippen molar-refractivity contribution in [3.63, 3.8) is 0 Å². The number of esters is 1. The van der Waals surface area contributed by atoms with E-state index in [9.17, 15) is 19.5 Å². The second-order valence-corrected chi connectivity index (χ2v) is 4.93. The van der Waals surface area contributed by atoms with Crippen LogP contribution in [0.1, 0.15) is 29.3 Å². The summed E-state index contributed by atoms with van der Waals surface area (Å²) in [5, 5.41) is 9.88. The quantitative estimate of drug-likeness (QED) is 0.642. The Morgan fingerprint density at radius 1 is 1.38 bits per heavy atom. The molecule has 6 nitrogen and oxygen atoms in total. The van der Waals surface area contributed by atoms with Crippen molar-refractivity contribution in [2.75, 3.05) is 18.1 Å². The standard InChI is InChI=1S/C15H17NO5/c1-3-21-13(18)7-10(17)8-16-12-5-4-9(2)6-11(12)14(19)15(16)20/h4-6,10,17H,3,7-8H2,1-2H3. The number of β-amino-alcohol motifs (C(OH)–C–C–N with tert-alkyl or cyclic N) is 1. The summed E-state index contributed by atoms with van der Waals surface area (Å²) in [5.41, 5.74) is 1.69. The Kier molecular flexibility index (Phi) is 4.37. The van der Waals surface area contributed by atoms with E-state index in [1.807, 2.05) is 6.92 Å². The normalized spacial score (nSPS) is 15.1. The number of carbonyl (C=O) groups excluding carboxylic acids is 3. The molecule has 1 N–H and O–H groups in total. The van der Waals surface area contributed by atoms with Crippen LogP contribution >= 0.6 is 0 Å². The minimum absolute atomic E-state index is 0.112. The molecule has 0 aromatic heterocycles. The molecule has 1 aromatic rings.